The van der Waals surface area contributed by atoms with E-state index >= 15 is 0 Å². The van der Waals surface area contributed by atoms with E-state index in [0.29, 0.717) is 0 Å². The van der Waals surface area contributed by atoms with Crippen molar-refractivity contribution in [2.75, 3.05) is 0 Å². The van der Waals surface area contributed by atoms with Gasteiger partial charge in [0.15, 0.2) is 0 Å². The van der Waals surface area contributed by atoms with Gasteiger partial charge < -0.3 is 0 Å². The Morgan fingerprint density at radius 1 is 1.45 bits per heavy atom. The molecule has 62 valence electrons. The summed E-state index contributed by atoms with van der Waals surface area (Å²) in [4.78, 5) is 1.54. The Morgan fingerprint density at radius 3 is 2.55 bits per heavy atom. The molecule has 1 aromatic rings. The van der Waals surface area contributed by atoms with Crippen LogP contribution in [-0.4, -0.2) is 0 Å². The fraction of sp³-hybridized carbons (Fsp3) is 0.600. The maximum absolute atomic E-state index is 2.30. The van der Waals surface area contributed by atoms with Gasteiger partial charge in [0.25, 0.3) is 0 Å². The molecular weight excluding hydrogens is 152 g/mol. The molecule has 0 aliphatic heterocycles. The third-order valence-corrected chi connectivity index (χ3v) is 3.16. The lowest BCUT2D eigenvalue weighted by Crippen LogP contribution is -2.02. The van der Waals surface area contributed by atoms with Gasteiger partial charge in [-0.05, 0) is 29.7 Å². The molecule has 1 heteroatoms. The Morgan fingerprint density at radius 2 is 2.18 bits per heavy atom. The van der Waals surface area contributed by atoms with E-state index < -0.39 is 0 Å². The SMILES string of the molecule is CCC(c1cccs1)C(C)C. The van der Waals surface area contributed by atoms with Gasteiger partial charge in [0.2, 0.25) is 0 Å². The summed E-state index contributed by atoms with van der Waals surface area (Å²) in [5.74, 6) is 1.55. The van der Waals surface area contributed by atoms with Crippen molar-refractivity contribution < 1.29 is 0 Å². The molecule has 0 spiro atoms. The monoisotopic (exact) mass is 168 g/mol. The highest BCUT2D eigenvalue weighted by Gasteiger charge is 2.13. The molecule has 1 atom stereocenters. The van der Waals surface area contributed by atoms with Crippen molar-refractivity contribution in [3.05, 3.63) is 22.4 Å². The van der Waals surface area contributed by atoms with Crippen LogP contribution in [0.3, 0.4) is 0 Å². The van der Waals surface area contributed by atoms with Gasteiger partial charge >= 0.3 is 0 Å². The van der Waals surface area contributed by atoms with Crippen LogP contribution in [0.5, 0.6) is 0 Å². The van der Waals surface area contributed by atoms with E-state index in [9.17, 15) is 0 Å². The van der Waals surface area contributed by atoms with Crippen LogP contribution in [0.2, 0.25) is 0 Å². The molecule has 0 radical (unpaired) electrons. The van der Waals surface area contributed by atoms with Crippen LogP contribution in [0, 0.1) is 5.92 Å². The van der Waals surface area contributed by atoms with Crippen molar-refractivity contribution in [1.82, 2.24) is 0 Å². The van der Waals surface area contributed by atoms with E-state index in [2.05, 4.69) is 38.3 Å². The lowest BCUT2D eigenvalue weighted by atomic mass is 9.92. The van der Waals surface area contributed by atoms with Gasteiger partial charge in [0.05, 0.1) is 0 Å². The molecule has 1 unspecified atom stereocenters. The molecule has 0 nitrogen and oxygen atoms in total. The zero-order valence-electron chi connectivity index (χ0n) is 7.50. The Hall–Kier alpha value is -0.300. The molecule has 0 fully saturated rings. The predicted molar refractivity (Wildman–Crippen MR) is 52.2 cm³/mol. The summed E-state index contributed by atoms with van der Waals surface area (Å²) in [6.45, 7) is 6.87. The van der Waals surface area contributed by atoms with E-state index in [1.54, 1.807) is 4.88 Å². The Balaban J connectivity index is 2.71. The Bertz CT molecular complexity index is 187. The molecule has 0 amide bonds. The van der Waals surface area contributed by atoms with Gasteiger partial charge in [-0.2, -0.15) is 0 Å². The molecule has 1 rings (SSSR count). The smallest absolute Gasteiger partial charge is 0.00786 e. The van der Waals surface area contributed by atoms with Gasteiger partial charge in [-0.3, -0.25) is 0 Å². The van der Waals surface area contributed by atoms with Crippen LogP contribution in [-0.2, 0) is 0 Å². The van der Waals surface area contributed by atoms with Gasteiger partial charge in [0, 0.05) is 4.88 Å². The highest BCUT2D eigenvalue weighted by atomic mass is 32.1. The molecule has 0 aliphatic carbocycles. The van der Waals surface area contributed by atoms with E-state index in [1.807, 2.05) is 11.3 Å². The van der Waals surface area contributed by atoms with Crippen molar-refractivity contribution in [2.45, 2.75) is 33.1 Å². The van der Waals surface area contributed by atoms with E-state index in [4.69, 9.17) is 0 Å². The number of rotatable bonds is 3. The van der Waals surface area contributed by atoms with Gasteiger partial charge in [0.1, 0.15) is 0 Å². The Kier molecular flexibility index (Phi) is 3.13. The standard InChI is InChI=1S/C10H16S/c1-4-9(8(2)3)10-6-5-7-11-10/h5-9H,4H2,1-3H3. The molecule has 0 saturated carbocycles. The van der Waals surface area contributed by atoms with Gasteiger partial charge in [-0.1, -0.05) is 26.8 Å². The highest BCUT2D eigenvalue weighted by molar-refractivity contribution is 7.10. The van der Waals surface area contributed by atoms with Crippen LogP contribution in [0.1, 0.15) is 38.0 Å². The molecule has 0 aromatic carbocycles. The predicted octanol–water partition coefficient (Wildman–Crippen LogP) is 3.90. The molecule has 0 aliphatic rings. The second-order valence-electron chi connectivity index (χ2n) is 3.27. The lowest BCUT2D eigenvalue weighted by molar-refractivity contribution is 0.492. The van der Waals surface area contributed by atoms with E-state index in [-0.39, 0.29) is 0 Å². The quantitative estimate of drug-likeness (QED) is 0.642. The zero-order valence-corrected chi connectivity index (χ0v) is 8.32. The molecular formula is C10H16S. The van der Waals surface area contributed by atoms with Crippen LogP contribution in [0.4, 0.5) is 0 Å². The second kappa shape index (κ2) is 3.91. The van der Waals surface area contributed by atoms with Crippen molar-refractivity contribution in [3.8, 4) is 0 Å². The van der Waals surface area contributed by atoms with Crippen molar-refractivity contribution in [1.29, 1.82) is 0 Å². The second-order valence-corrected chi connectivity index (χ2v) is 4.25. The van der Waals surface area contributed by atoms with Gasteiger partial charge in [-0.15, -0.1) is 11.3 Å². The minimum atomic E-state index is 0.773. The average molecular weight is 168 g/mol. The van der Waals surface area contributed by atoms with Crippen molar-refractivity contribution >= 4 is 11.3 Å². The van der Waals surface area contributed by atoms with Crippen LogP contribution < -0.4 is 0 Å². The fourth-order valence-electron chi connectivity index (χ4n) is 1.50. The summed E-state index contributed by atoms with van der Waals surface area (Å²) < 4.78 is 0. The minimum Gasteiger partial charge on any atom is -0.149 e. The zero-order chi connectivity index (χ0) is 8.27. The first-order valence-corrected chi connectivity index (χ1v) is 5.17. The van der Waals surface area contributed by atoms with Gasteiger partial charge in [-0.25, -0.2) is 0 Å². The third kappa shape index (κ3) is 2.06. The van der Waals surface area contributed by atoms with Crippen molar-refractivity contribution in [2.24, 2.45) is 5.92 Å². The lowest BCUT2D eigenvalue weighted by Gasteiger charge is -2.16. The molecule has 0 saturated heterocycles. The Labute approximate surface area is 73.3 Å². The maximum Gasteiger partial charge on any atom is 0.00786 e. The molecule has 0 N–H and O–H groups in total. The van der Waals surface area contributed by atoms with E-state index in [0.717, 1.165) is 11.8 Å². The number of thiophene rings is 1. The average Bonchev–Trinajstić information content (AvgIpc) is 2.40. The third-order valence-electron chi connectivity index (χ3n) is 2.15. The first-order valence-electron chi connectivity index (χ1n) is 4.29. The fourth-order valence-corrected chi connectivity index (χ4v) is 2.59. The van der Waals surface area contributed by atoms with E-state index in [1.165, 1.54) is 6.42 Å². The summed E-state index contributed by atoms with van der Waals surface area (Å²) in [6.07, 6.45) is 1.26. The maximum atomic E-state index is 2.30. The molecule has 11 heavy (non-hydrogen) atoms. The summed E-state index contributed by atoms with van der Waals surface area (Å²) >= 11 is 1.88. The summed E-state index contributed by atoms with van der Waals surface area (Å²) in [5.41, 5.74) is 0. The summed E-state index contributed by atoms with van der Waals surface area (Å²) in [5, 5.41) is 2.17. The summed E-state index contributed by atoms with van der Waals surface area (Å²) in [6, 6.07) is 4.39. The van der Waals surface area contributed by atoms with Crippen LogP contribution >= 0.6 is 11.3 Å². The van der Waals surface area contributed by atoms with Crippen LogP contribution in [0.25, 0.3) is 0 Å². The first-order chi connectivity index (χ1) is 5.25. The highest BCUT2D eigenvalue weighted by Crippen LogP contribution is 2.30. The first kappa shape index (κ1) is 8.79. The topological polar surface area (TPSA) is 0 Å². The van der Waals surface area contributed by atoms with Crippen LogP contribution in [0.15, 0.2) is 17.5 Å². The molecule has 0 bridgehead atoms. The summed E-state index contributed by atoms with van der Waals surface area (Å²) in [7, 11) is 0. The molecule has 1 heterocycles. The number of hydrogen-bond acceptors (Lipinski definition) is 1. The molecule has 1 aromatic heterocycles. The number of hydrogen-bond donors (Lipinski definition) is 0. The largest absolute Gasteiger partial charge is 0.149 e. The minimum absolute atomic E-state index is 0.773. The van der Waals surface area contributed by atoms with Crippen molar-refractivity contribution in [3.63, 3.8) is 0 Å². The normalized spacial score (nSPS) is 13.8.